The lowest BCUT2D eigenvalue weighted by molar-refractivity contribution is -0.121. The van der Waals surface area contributed by atoms with E-state index in [1.807, 2.05) is 24.3 Å². The van der Waals surface area contributed by atoms with Crippen molar-refractivity contribution >= 4 is 15.7 Å². The lowest BCUT2D eigenvalue weighted by Gasteiger charge is -2.21. The fraction of sp³-hybridized carbons (Fsp3) is 0.533. The molecular formula is C15H22N2O3S. The van der Waals surface area contributed by atoms with E-state index in [4.69, 9.17) is 5.73 Å². The number of nitrogens with one attached hydrogen (secondary N) is 1. The van der Waals surface area contributed by atoms with Crippen LogP contribution in [0, 0.1) is 0 Å². The number of hydrogen-bond donors (Lipinski definition) is 2. The van der Waals surface area contributed by atoms with Gasteiger partial charge in [0.05, 0.1) is 5.75 Å². The van der Waals surface area contributed by atoms with Gasteiger partial charge >= 0.3 is 0 Å². The Balaban J connectivity index is 1.91. The molecule has 1 saturated heterocycles. The van der Waals surface area contributed by atoms with E-state index >= 15 is 0 Å². The maximum atomic E-state index is 12.0. The molecule has 21 heavy (non-hydrogen) atoms. The van der Waals surface area contributed by atoms with Crippen molar-refractivity contribution in [2.75, 3.05) is 12.3 Å². The first-order valence-electron chi connectivity index (χ1n) is 7.30. The average Bonchev–Trinajstić information content (AvgIpc) is 2.46. The molecule has 0 aliphatic carbocycles. The Morgan fingerprint density at radius 2 is 1.86 bits per heavy atom. The number of benzene rings is 1. The van der Waals surface area contributed by atoms with Gasteiger partial charge in [0.15, 0.2) is 9.84 Å². The van der Waals surface area contributed by atoms with Crippen molar-refractivity contribution in [3.8, 4) is 0 Å². The molecule has 0 saturated carbocycles. The molecule has 0 spiro atoms. The minimum absolute atomic E-state index is 0.124. The van der Waals surface area contributed by atoms with E-state index in [9.17, 15) is 13.2 Å². The van der Waals surface area contributed by atoms with Crippen LogP contribution in [-0.2, 0) is 27.6 Å². The summed E-state index contributed by atoms with van der Waals surface area (Å²) in [6.07, 6.45) is 2.72. The van der Waals surface area contributed by atoms with Gasteiger partial charge in [-0.2, -0.15) is 0 Å². The third kappa shape index (κ3) is 4.28. The van der Waals surface area contributed by atoms with Crippen LogP contribution in [0.25, 0.3) is 0 Å². The lowest BCUT2D eigenvalue weighted by Crippen LogP contribution is -2.42. The standard InChI is InChI=1S/C15H22N2O3S/c16-9-8-12-4-6-13(7-5-12)11-17-15(18)14-3-1-2-10-21(14,19)20/h4-7,14H,1-3,8-11,16H2,(H,17,18). The SMILES string of the molecule is NCCc1ccc(CNC(=O)C2CCCCS2(=O)=O)cc1. The Kier molecular flexibility index (Phi) is 5.36. The molecule has 6 heteroatoms. The molecule has 1 heterocycles. The molecule has 1 aliphatic heterocycles. The Morgan fingerprint density at radius 1 is 1.19 bits per heavy atom. The molecule has 116 valence electrons. The maximum Gasteiger partial charge on any atom is 0.238 e. The van der Waals surface area contributed by atoms with Crippen molar-refractivity contribution in [3.63, 3.8) is 0 Å². The molecule has 1 aromatic carbocycles. The zero-order chi connectivity index (χ0) is 15.3. The van der Waals surface area contributed by atoms with Crippen LogP contribution in [0.5, 0.6) is 0 Å². The van der Waals surface area contributed by atoms with Gasteiger partial charge in [0.2, 0.25) is 5.91 Å². The highest BCUT2D eigenvalue weighted by atomic mass is 32.2. The zero-order valence-corrected chi connectivity index (χ0v) is 12.9. The van der Waals surface area contributed by atoms with Gasteiger partial charge in [-0.25, -0.2) is 8.42 Å². The van der Waals surface area contributed by atoms with E-state index in [0.29, 0.717) is 25.9 Å². The van der Waals surface area contributed by atoms with Crippen LogP contribution in [0.15, 0.2) is 24.3 Å². The topological polar surface area (TPSA) is 89.3 Å². The molecule has 5 nitrogen and oxygen atoms in total. The van der Waals surface area contributed by atoms with Crippen molar-refractivity contribution in [2.45, 2.75) is 37.5 Å². The molecule has 1 fully saturated rings. The van der Waals surface area contributed by atoms with Gasteiger partial charge in [0.25, 0.3) is 0 Å². The van der Waals surface area contributed by atoms with Crippen LogP contribution in [-0.4, -0.2) is 31.9 Å². The van der Waals surface area contributed by atoms with Crippen LogP contribution in [0.2, 0.25) is 0 Å². The van der Waals surface area contributed by atoms with Crippen LogP contribution in [0.3, 0.4) is 0 Å². The van der Waals surface area contributed by atoms with E-state index in [0.717, 1.165) is 24.0 Å². The van der Waals surface area contributed by atoms with E-state index < -0.39 is 15.1 Å². The van der Waals surface area contributed by atoms with Crippen molar-refractivity contribution in [2.24, 2.45) is 5.73 Å². The molecule has 0 bridgehead atoms. The van der Waals surface area contributed by atoms with Crippen molar-refractivity contribution in [3.05, 3.63) is 35.4 Å². The Morgan fingerprint density at radius 3 is 2.48 bits per heavy atom. The van der Waals surface area contributed by atoms with Gasteiger partial charge in [0, 0.05) is 6.54 Å². The second-order valence-electron chi connectivity index (χ2n) is 5.42. The van der Waals surface area contributed by atoms with Gasteiger partial charge in [-0.3, -0.25) is 4.79 Å². The first-order valence-corrected chi connectivity index (χ1v) is 9.01. The molecule has 1 unspecified atom stereocenters. The van der Waals surface area contributed by atoms with E-state index in [1.54, 1.807) is 0 Å². The molecule has 1 amide bonds. The highest BCUT2D eigenvalue weighted by molar-refractivity contribution is 7.92. The fourth-order valence-corrected chi connectivity index (χ4v) is 4.37. The fourth-order valence-electron chi connectivity index (χ4n) is 2.54. The van der Waals surface area contributed by atoms with Crippen molar-refractivity contribution in [1.29, 1.82) is 0 Å². The zero-order valence-electron chi connectivity index (χ0n) is 12.0. The Labute approximate surface area is 125 Å². The van der Waals surface area contributed by atoms with Gasteiger partial charge < -0.3 is 11.1 Å². The minimum atomic E-state index is -3.27. The number of carbonyl (C=O) groups is 1. The van der Waals surface area contributed by atoms with Crippen molar-refractivity contribution < 1.29 is 13.2 Å². The number of carbonyl (C=O) groups excluding carboxylic acids is 1. The molecule has 2 rings (SSSR count). The quantitative estimate of drug-likeness (QED) is 0.841. The summed E-state index contributed by atoms with van der Waals surface area (Å²) in [5.41, 5.74) is 7.60. The lowest BCUT2D eigenvalue weighted by atomic mass is 10.1. The first-order chi connectivity index (χ1) is 10.0. The van der Waals surface area contributed by atoms with E-state index in [2.05, 4.69) is 5.32 Å². The van der Waals surface area contributed by atoms with E-state index in [1.165, 1.54) is 0 Å². The predicted octanol–water partition coefficient (Wildman–Crippen LogP) is 0.771. The summed E-state index contributed by atoms with van der Waals surface area (Å²) in [5, 5.41) is 1.86. The van der Waals surface area contributed by atoms with Crippen molar-refractivity contribution in [1.82, 2.24) is 5.32 Å². The first kappa shape index (κ1) is 16.0. The predicted molar refractivity (Wildman–Crippen MR) is 82.5 cm³/mol. The van der Waals surface area contributed by atoms with Gasteiger partial charge in [0.1, 0.15) is 5.25 Å². The summed E-state index contributed by atoms with van der Waals surface area (Å²) in [4.78, 5) is 12.0. The number of amides is 1. The molecule has 1 atom stereocenters. The van der Waals surface area contributed by atoms with Crippen LogP contribution in [0.1, 0.15) is 30.4 Å². The highest BCUT2D eigenvalue weighted by Gasteiger charge is 2.34. The maximum absolute atomic E-state index is 12.0. The largest absolute Gasteiger partial charge is 0.351 e. The molecule has 1 aliphatic rings. The summed E-state index contributed by atoms with van der Waals surface area (Å²) in [5.74, 6) is -0.250. The van der Waals surface area contributed by atoms with E-state index in [-0.39, 0.29) is 11.7 Å². The minimum Gasteiger partial charge on any atom is -0.351 e. The number of rotatable bonds is 5. The summed E-state index contributed by atoms with van der Waals surface area (Å²) in [6.45, 7) is 0.962. The third-order valence-corrected chi connectivity index (χ3v) is 5.97. The normalized spacial score (nSPS) is 20.9. The second-order valence-corrected chi connectivity index (χ2v) is 7.73. The number of hydrogen-bond acceptors (Lipinski definition) is 4. The summed E-state index contributed by atoms with van der Waals surface area (Å²) in [7, 11) is -3.27. The number of sulfone groups is 1. The monoisotopic (exact) mass is 310 g/mol. The van der Waals surface area contributed by atoms with Gasteiger partial charge in [-0.05, 0) is 36.9 Å². The molecular weight excluding hydrogens is 288 g/mol. The Hall–Kier alpha value is -1.40. The highest BCUT2D eigenvalue weighted by Crippen LogP contribution is 2.19. The summed E-state index contributed by atoms with van der Waals surface area (Å²) >= 11 is 0. The Bertz CT molecular complexity index is 581. The molecule has 1 aromatic rings. The van der Waals surface area contributed by atoms with Gasteiger partial charge in [-0.1, -0.05) is 30.7 Å². The summed E-state index contributed by atoms with van der Waals surface area (Å²) in [6, 6.07) is 7.82. The number of nitrogens with two attached hydrogens (primary N) is 1. The smallest absolute Gasteiger partial charge is 0.238 e. The average molecular weight is 310 g/mol. The molecule has 0 aromatic heterocycles. The molecule has 0 radical (unpaired) electrons. The third-order valence-electron chi connectivity index (χ3n) is 3.79. The molecule has 3 N–H and O–H groups in total. The second kappa shape index (κ2) is 7.04. The van der Waals surface area contributed by atoms with Crippen LogP contribution in [0.4, 0.5) is 0 Å². The summed E-state index contributed by atoms with van der Waals surface area (Å²) < 4.78 is 23.8. The van der Waals surface area contributed by atoms with Crippen LogP contribution < -0.4 is 11.1 Å². The van der Waals surface area contributed by atoms with Gasteiger partial charge in [-0.15, -0.1) is 0 Å². The van der Waals surface area contributed by atoms with Crippen LogP contribution >= 0.6 is 0 Å².